The summed E-state index contributed by atoms with van der Waals surface area (Å²) >= 11 is 3.33. The topological polar surface area (TPSA) is 64.1 Å². The Kier molecular flexibility index (Phi) is 1.74. The van der Waals surface area contributed by atoms with Gasteiger partial charge in [0.05, 0.1) is 0 Å². The van der Waals surface area contributed by atoms with Crippen molar-refractivity contribution in [2.45, 2.75) is 0 Å². The highest BCUT2D eigenvalue weighted by Gasteiger charge is 2.03. The quantitative estimate of drug-likeness (QED) is 0.577. The van der Waals surface area contributed by atoms with Gasteiger partial charge >= 0.3 is 6.01 Å². The second-order valence-corrected chi connectivity index (χ2v) is 3.19. The van der Waals surface area contributed by atoms with Crippen molar-refractivity contribution in [3.05, 3.63) is 22.7 Å². The van der Waals surface area contributed by atoms with Crippen LogP contribution in [0.15, 0.2) is 27.1 Å². The summed E-state index contributed by atoms with van der Waals surface area (Å²) in [6.07, 6.45) is 0. The fourth-order valence-corrected chi connectivity index (χ4v) is 1.31. The SMILES string of the molecule is NNc1nc2cc(Br)ccc2o1. The van der Waals surface area contributed by atoms with E-state index in [4.69, 9.17) is 10.3 Å². The first-order valence-electron chi connectivity index (χ1n) is 3.32. The monoisotopic (exact) mass is 227 g/mol. The molecule has 0 radical (unpaired) electrons. The summed E-state index contributed by atoms with van der Waals surface area (Å²) in [5.41, 5.74) is 3.83. The van der Waals surface area contributed by atoms with Crippen molar-refractivity contribution in [3.8, 4) is 0 Å². The number of aromatic nitrogens is 1. The average molecular weight is 228 g/mol. The molecule has 0 atom stereocenters. The molecule has 0 saturated carbocycles. The van der Waals surface area contributed by atoms with Crippen LogP contribution < -0.4 is 11.3 Å². The van der Waals surface area contributed by atoms with Crippen LogP contribution in [0.25, 0.3) is 11.1 Å². The molecule has 0 unspecified atom stereocenters. The van der Waals surface area contributed by atoms with Crippen molar-refractivity contribution in [3.63, 3.8) is 0 Å². The highest BCUT2D eigenvalue weighted by Crippen LogP contribution is 2.21. The number of halogens is 1. The zero-order valence-electron chi connectivity index (χ0n) is 6.04. The van der Waals surface area contributed by atoms with Gasteiger partial charge in [-0.3, -0.25) is 5.43 Å². The summed E-state index contributed by atoms with van der Waals surface area (Å²) in [6.45, 7) is 0. The minimum atomic E-state index is 0.322. The van der Waals surface area contributed by atoms with E-state index in [0.29, 0.717) is 11.6 Å². The van der Waals surface area contributed by atoms with Gasteiger partial charge in [0.2, 0.25) is 0 Å². The van der Waals surface area contributed by atoms with Crippen molar-refractivity contribution < 1.29 is 4.42 Å². The molecule has 0 amide bonds. The van der Waals surface area contributed by atoms with Crippen LogP contribution >= 0.6 is 15.9 Å². The van der Waals surface area contributed by atoms with E-state index in [2.05, 4.69) is 26.3 Å². The lowest BCUT2D eigenvalue weighted by molar-refractivity contribution is 0.617. The van der Waals surface area contributed by atoms with E-state index < -0.39 is 0 Å². The van der Waals surface area contributed by atoms with E-state index in [1.54, 1.807) is 0 Å². The number of nitrogens with two attached hydrogens (primary N) is 1. The Bertz CT molecular complexity index is 412. The van der Waals surface area contributed by atoms with Crippen LogP contribution in [0.5, 0.6) is 0 Å². The number of hydrazine groups is 1. The Labute approximate surface area is 76.9 Å². The zero-order valence-corrected chi connectivity index (χ0v) is 7.63. The molecule has 3 N–H and O–H groups in total. The number of hydrogen-bond acceptors (Lipinski definition) is 4. The highest BCUT2D eigenvalue weighted by atomic mass is 79.9. The predicted octanol–water partition coefficient (Wildman–Crippen LogP) is 1.88. The molecule has 5 heteroatoms. The predicted molar refractivity (Wildman–Crippen MR) is 49.5 cm³/mol. The van der Waals surface area contributed by atoms with E-state index in [9.17, 15) is 0 Å². The smallest absolute Gasteiger partial charge is 0.310 e. The van der Waals surface area contributed by atoms with Crippen LogP contribution in [0.2, 0.25) is 0 Å². The number of oxazole rings is 1. The number of rotatable bonds is 1. The van der Waals surface area contributed by atoms with Crippen LogP contribution in [0.1, 0.15) is 0 Å². The molecule has 1 heterocycles. The van der Waals surface area contributed by atoms with Gasteiger partial charge in [0.15, 0.2) is 5.58 Å². The number of nitrogens with one attached hydrogen (secondary N) is 1. The zero-order chi connectivity index (χ0) is 8.55. The van der Waals surface area contributed by atoms with Gasteiger partial charge in [0.25, 0.3) is 0 Å². The highest BCUT2D eigenvalue weighted by molar-refractivity contribution is 9.10. The fourth-order valence-electron chi connectivity index (χ4n) is 0.962. The Morgan fingerprint density at radius 2 is 2.33 bits per heavy atom. The molecule has 12 heavy (non-hydrogen) atoms. The molecule has 4 nitrogen and oxygen atoms in total. The molecular formula is C7H6BrN3O. The van der Waals surface area contributed by atoms with Gasteiger partial charge in [-0.2, -0.15) is 4.98 Å². The first-order chi connectivity index (χ1) is 5.79. The maximum absolute atomic E-state index is 5.20. The lowest BCUT2D eigenvalue weighted by atomic mass is 10.3. The van der Waals surface area contributed by atoms with Gasteiger partial charge < -0.3 is 4.42 Å². The molecule has 0 aliphatic rings. The molecular weight excluding hydrogens is 222 g/mol. The third-order valence-electron chi connectivity index (χ3n) is 1.47. The number of hydrogen-bond donors (Lipinski definition) is 2. The average Bonchev–Trinajstić information content (AvgIpc) is 2.46. The van der Waals surface area contributed by atoms with Crippen LogP contribution in [0, 0.1) is 0 Å². The molecule has 0 aliphatic carbocycles. The molecule has 1 aromatic heterocycles. The Balaban J connectivity index is 2.67. The molecule has 62 valence electrons. The lowest BCUT2D eigenvalue weighted by Crippen LogP contribution is -2.06. The minimum absolute atomic E-state index is 0.322. The van der Waals surface area contributed by atoms with Crippen molar-refractivity contribution in [1.29, 1.82) is 0 Å². The third-order valence-corrected chi connectivity index (χ3v) is 1.97. The molecule has 2 rings (SSSR count). The second kappa shape index (κ2) is 2.76. The third kappa shape index (κ3) is 1.17. The fraction of sp³-hybridized carbons (Fsp3) is 0. The van der Waals surface area contributed by atoms with E-state index in [-0.39, 0.29) is 0 Å². The largest absolute Gasteiger partial charge is 0.423 e. The van der Waals surface area contributed by atoms with E-state index >= 15 is 0 Å². The van der Waals surface area contributed by atoms with Gasteiger partial charge in [-0.05, 0) is 18.2 Å². The van der Waals surface area contributed by atoms with Crippen LogP contribution in [-0.2, 0) is 0 Å². The lowest BCUT2D eigenvalue weighted by Gasteiger charge is -1.86. The Morgan fingerprint density at radius 3 is 3.08 bits per heavy atom. The molecule has 0 aliphatic heterocycles. The maximum Gasteiger partial charge on any atom is 0.310 e. The number of nitrogens with zero attached hydrogens (tertiary/aromatic N) is 1. The molecule has 0 bridgehead atoms. The molecule has 0 saturated heterocycles. The van der Waals surface area contributed by atoms with Crippen LogP contribution in [0.4, 0.5) is 6.01 Å². The number of benzene rings is 1. The van der Waals surface area contributed by atoms with E-state index in [1.807, 2.05) is 18.2 Å². The minimum Gasteiger partial charge on any atom is -0.423 e. The van der Waals surface area contributed by atoms with Gasteiger partial charge in [-0.15, -0.1) is 0 Å². The first-order valence-corrected chi connectivity index (χ1v) is 4.11. The van der Waals surface area contributed by atoms with Crippen molar-refractivity contribution in [1.82, 2.24) is 4.98 Å². The first kappa shape index (κ1) is 7.57. The molecule has 0 fully saturated rings. The number of fused-ring (bicyclic) bond motifs is 1. The second-order valence-electron chi connectivity index (χ2n) is 2.28. The summed E-state index contributed by atoms with van der Waals surface area (Å²) in [5.74, 6) is 5.13. The molecule has 2 aromatic rings. The Hall–Kier alpha value is -1.07. The summed E-state index contributed by atoms with van der Waals surface area (Å²) in [4.78, 5) is 4.06. The van der Waals surface area contributed by atoms with Crippen molar-refractivity contribution in [2.24, 2.45) is 5.84 Å². The van der Waals surface area contributed by atoms with Gasteiger partial charge in [-0.1, -0.05) is 15.9 Å². The number of nitrogen functional groups attached to an aromatic ring is 1. The summed E-state index contributed by atoms with van der Waals surface area (Å²) in [7, 11) is 0. The van der Waals surface area contributed by atoms with E-state index in [0.717, 1.165) is 9.99 Å². The number of anilines is 1. The normalized spacial score (nSPS) is 10.5. The molecule has 1 aromatic carbocycles. The summed E-state index contributed by atoms with van der Waals surface area (Å²) in [6, 6.07) is 5.89. The van der Waals surface area contributed by atoms with Gasteiger partial charge in [0, 0.05) is 4.47 Å². The summed E-state index contributed by atoms with van der Waals surface area (Å²) in [5, 5.41) is 0. The Morgan fingerprint density at radius 1 is 1.50 bits per heavy atom. The molecule has 0 spiro atoms. The van der Waals surface area contributed by atoms with Crippen LogP contribution in [-0.4, -0.2) is 4.98 Å². The standard InChI is InChI=1S/C7H6BrN3O/c8-4-1-2-6-5(3-4)10-7(11-9)12-6/h1-3H,9H2,(H,10,11). The summed E-state index contributed by atoms with van der Waals surface area (Å²) < 4.78 is 6.17. The van der Waals surface area contributed by atoms with Crippen molar-refractivity contribution in [2.75, 3.05) is 5.43 Å². The van der Waals surface area contributed by atoms with Crippen molar-refractivity contribution >= 4 is 33.0 Å². The maximum atomic E-state index is 5.20. The van der Waals surface area contributed by atoms with Crippen LogP contribution in [0.3, 0.4) is 0 Å². The van der Waals surface area contributed by atoms with E-state index in [1.165, 1.54) is 0 Å². The van der Waals surface area contributed by atoms with Gasteiger partial charge in [0.1, 0.15) is 5.52 Å². The van der Waals surface area contributed by atoms with Gasteiger partial charge in [-0.25, -0.2) is 5.84 Å².